The van der Waals surface area contributed by atoms with Crippen molar-refractivity contribution in [1.82, 2.24) is 30.3 Å². The number of aryl methyl sites for hydroxylation is 2. The van der Waals surface area contributed by atoms with Crippen molar-refractivity contribution >= 4 is 17.3 Å². The van der Waals surface area contributed by atoms with Gasteiger partial charge < -0.3 is 10.6 Å². The first-order valence-electron chi connectivity index (χ1n) is 9.19. The summed E-state index contributed by atoms with van der Waals surface area (Å²) in [7, 11) is 3.77. The average molecular weight is 376 g/mol. The highest BCUT2D eigenvalue weighted by Gasteiger charge is 2.20. The van der Waals surface area contributed by atoms with E-state index in [2.05, 4.69) is 42.9 Å². The molecule has 0 bridgehead atoms. The molecule has 0 saturated carbocycles. The van der Waals surface area contributed by atoms with Crippen molar-refractivity contribution in [1.29, 1.82) is 0 Å². The maximum absolute atomic E-state index is 4.58. The van der Waals surface area contributed by atoms with E-state index < -0.39 is 0 Å². The van der Waals surface area contributed by atoms with Gasteiger partial charge in [0, 0.05) is 38.8 Å². The van der Waals surface area contributed by atoms with Crippen LogP contribution in [-0.2, 0) is 20.1 Å². The number of guanidine groups is 1. The van der Waals surface area contributed by atoms with Crippen molar-refractivity contribution in [2.75, 3.05) is 26.7 Å². The number of likely N-dealkylation sites (tertiary alicyclic amines) is 1. The molecule has 1 aliphatic rings. The summed E-state index contributed by atoms with van der Waals surface area (Å²) in [4.78, 5) is 11.4. The molecule has 0 amide bonds. The third-order valence-corrected chi connectivity index (χ3v) is 5.72. The van der Waals surface area contributed by atoms with Crippen LogP contribution in [0.3, 0.4) is 0 Å². The lowest BCUT2D eigenvalue weighted by atomic mass is 9.97. The van der Waals surface area contributed by atoms with E-state index in [4.69, 9.17) is 0 Å². The van der Waals surface area contributed by atoms with E-state index in [0.29, 0.717) is 5.92 Å². The Morgan fingerprint density at radius 1 is 1.35 bits per heavy atom. The number of aromatic nitrogens is 3. The van der Waals surface area contributed by atoms with Gasteiger partial charge in [-0.25, -0.2) is 4.98 Å². The van der Waals surface area contributed by atoms with E-state index in [-0.39, 0.29) is 0 Å². The summed E-state index contributed by atoms with van der Waals surface area (Å²) >= 11 is 1.74. The number of hydrogen-bond acceptors (Lipinski definition) is 5. The third-order valence-electron chi connectivity index (χ3n) is 4.90. The fourth-order valence-electron chi connectivity index (χ4n) is 3.27. The van der Waals surface area contributed by atoms with E-state index >= 15 is 0 Å². The first kappa shape index (κ1) is 18.8. The largest absolute Gasteiger partial charge is 0.356 e. The second kappa shape index (κ2) is 9.14. The van der Waals surface area contributed by atoms with Crippen LogP contribution in [0.15, 0.2) is 22.6 Å². The van der Waals surface area contributed by atoms with Crippen molar-refractivity contribution in [3.05, 3.63) is 34.0 Å². The monoisotopic (exact) mass is 375 g/mol. The van der Waals surface area contributed by atoms with Crippen LogP contribution in [0.5, 0.6) is 0 Å². The molecule has 0 spiro atoms. The molecule has 7 nitrogen and oxygen atoms in total. The Labute approximate surface area is 159 Å². The van der Waals surface area contributed by atoms with Gasteiger partial charge in [-0.3, -0.25) is 14.6 Å². The molecule has 26 heavy (non-hydrogen) atoms. The Morgan fingerprint density at radius 3 is 2.77 bits per heavy atom. The highest BCUT2D eigenvalue weighted by atomic mass is 32.1. The van der Waals surface area contributed by atoms with Gasteiger partial charge in [-0.1, -0.05) is 0 Å². The molecular formula is C18H29N7S. The molecule has 3 heterocycles. The first-order valence-corrected chi connectivity index (χ1v) is 10.1. The molecule has 1 aliphatic heterocycles. The molecule has 2 aromatic rings. The highest BCUT2D eigenvalue weighted by molar-refractivity contribution is 7.09. The number of aliphatic imine (C=N–C) groups is 1. The molecule has 0 aromatic carbocycles. The maximum atomic E-state index is 4.58. The van der Waals surface area contributed by atoms with Gasteiger partial charge in [0.1, 0.15) is 0 Å². The van der Waals surface area contributed by atoms with E-state index in [0.717, 1.165) is 49.4 Å². The molecule has 2 N–H and O–H groups in total. The second-order valence-electron chi connectivity index (χ2n) is 6.83. The van der Waals surface area contributed by atoms with Gasteiger partial charge >= 0.3 is 0 Å². The summed E-state index contributed by atoms with van der Waals surface area (Å²) < 4.78 is 1.87. The quantitative estimate of drug-likeness (QED) is 0.595. The van der Waals surface area contributed by atoms with E-state index in [1.807, 2.05) is 31.0 Å². The smallest absolute Gasteiger partial charge is 0.191 e. The number of rotatable bonds is 6. The minimum Gasteiger partial charge on any atom is -0.356 e. The van der Waals surface area contributed by atoms with Crippen molar-refractivity contribution in [3.8, 4) is 0 Å². The summed E-state index contributed by atoms with van der Waals surface area (Å²) in [5, 5.41) is 14.3. The van der Waals surface area contributed by atoms with Crippen LogP contribution in [0, 0.1) is 12.8 Å². The van der Waals surface area contributed by atoms with Crippen molar-refractivity contribution < 1.29 is 0 Å². The van der Waals surface area contributed by atoms with E-state index in [9.17, 15) is 0 Å². The Kier molecular flexibility index (Phi) is 6.62. The third kappa shape index (κ3) is 5.28. The maximum Gasteiger partial charge on any atom is 0.191 e. The predicted octanol–water partition coefficient (Wildman–Crippen LogP) is 1.76. The van der Waals surface area contributed by atoms with E-state index in [1.165, 1.54) is 18.5 Å². The van der Waals surface area contributed by atoms with Crippen molar-refractivity contribution in [3.63, 3.8) is 0 Å². The zero-order valence-electron chi connectivity index (χ0n) is 15.9. The molecule has 142 valence electrons. The van der Waals surface area contributed by atoms with Gasteiger partial charge in [0.15, 0.2) is 5.96 Å². The molecule has 1 saturated heterocycles. The van der Waals surface area contributed by atoms with Crippen LogP contribution in [0.4, 0.5) is 0 Å². The van der Waals surface area contributed by atoms with Crippen LogP contribution in [0.25, 0.3) is 0 Å². The Bertz CT molecular complexity index is 713. The minimum absolute atomic E-state index is 0.693. The molecule has 3 rings (SSSR count). The minimum atomic E-state index is 0.693. The number of nitrogens with one attached hydrogen (secondary N) is 2. The van der Waals surface area contributed by atoms with Crippen LogP contribution in [-0.4, -0.2) is 52.3 Å². The number of hydrogen-bond donors (Lipinski definition) is 2. The number of thiazole rings is 1. The summed E-state index contributed by atoms with van der Waals surface area (Å²) in [6, 6.07) is 2.01. The topological polar surface area (TPSA) is 70.4 Å². The summed E-state index contributed by atoms with van der Waals surface area (Å²) in [6.07, 6.45) is 4.25. The lowest BCUT2D eigenvalue weighted by molar-refractivity contribution is 0.176. The van der Waals surface area contributed by atoms with E-state index in [1.54, 1.807) is 11.3 Å². The molecule has 0 radical (unpaired) electrons. The summed E-state index contributed by atoms with van der Waals surface area (Å²) in [5.74, 6) is 1.55. The molecule has 0 aliphatic carbocycles. The van der Waals surface area contributed by atoms with Crippen LogP contribution >= 0.6 is 11.3 Å². The zero-order chi connectivity index (χ0) is 18.4. The van der Waals surface area contributed by atoms with Gasteiger partial charge in [0.2, 0.25) is 0 Å². The fraction of sp³-hybridized carbons (Fsp3) is 0.611. The van der Waals surface area contributed by atoms with Gasteiger partial charge in [0.25, 0.3) is 0 Å². The zero-order valence-corrected chi connectivity index (χ0v) is 16.7. The standard InChI is InChI=1S/C18H29N7S/c1-14-23-16(13-26-14)12-25-8-5-15(6-9-25)10-20-18(19-2)21-11-17-4-7-22-24(17)3/h4,7,13,15H,5-6,8-12H2,1-3H3,(H2,19,20,21). The predicted molar refractivity (Wildman–Crippen MR) is 106 cm³/mol. The second-order valence-corrected chi connectivity index (χ2v) is 7.89. The molecule has 0 atom stereocenters. The molecule has 0 unspecified atom stereocenters. The molecular weight excluding hydrogens is 346 g/mol. The Morgan fingerprint density at radius 2 is 2.15 bits per heavy atom. The number of nitrogens with zero attached hydrogens (tertiary/aromatic N) is 5. The van der Waals surface area contributed by atoms with Gasteiger partial charge in [0.05, 0.1) is 22.9 Å². The lowest BCUT2D eigenvalue weighted by Gasteiger charge is -2.31. The Hall–Kier alpha value is -1.93. The summed E-state index contributed by atoms with van der Waals surface area (Å²) in [6.45, 7) is 7.03. The summed E-state index contributed by atoms with van der Waals surface area (Å²) in [5.41, 5.74) is 2.35. The lowest BCUT2D eigenvalue weighted by Crippen LogP contribution is -2.42. The highest BCUT2D eigenvalue weighted by Crippen LogP contribution is 2.19. The van der Waals surface area contributed by atoms with Gasteiger partial charge in [-0.2, -0.15) is 5.10 Å². The number of piperidine rings is 1. The Balaban J connectivity index is 1.36. The normalized spacial score (nSPS) is 16.8. The SMILES string of the molecule is CN=C(NCc1ccnn1C)NCC1CCN(Cc2csc(C)n2)CC1. The van der Waals surface area contributed by atoms with Gasteiger partial charge in [-0.15, -0.1) is 11.3 Å². The van der Waals surface area contributed by atoms with Gasteiger partial charge in [-0.05, 0) is 44.8 Å². The average Bonchev–Trinajstić information content (AvgIpc) is 3.24. The van der Waals surface area contributed by atoms with Crippen molar-refractivity contribution in [2.45, 2.75) is 32.9 Å². The molecule has 8 heteroatoms. The first-order chi connectivity index (χ1) is 12.6. The van der Waals surface area contributed by atoms with Crippen molar-refractivity contribution in [2.24, 2.45) is 18.0 Å². The van der Waals surface area contributed by atoms with Crippen LogP contribution in [0.1, 0.15) is 29.2 Å². The molecule has 1 fully saturated rings. The van der Waals surface area contributed by atoms with Crippen LogP contribution < -0.4 is 10.6 Å². The van der Waals surface area contributed by atoms with Crippen LogP contribution in [0.2, 0.25) is 0 Å². The molecule has 2 aromatic heterocycles. The fourth-order valence-corrected chi connectivity index (χ4v) is 3.87.